The van der Waals surface area contributed by atoms with E-state index in [1.165, 1.54) is 38.5 Å². The zero-order valence-electron chi connectivity index (χ0n) is 19.2. The topological polar surface area (TPSA) is 68.0 Å². The summed E-state index contributed by atoms with van der Waals surface area (Å²) in [5, 5.41) is 19.2. The van der Waals surface area contributed by atoms with Gasteiger partial charge in [0.15, 0.2) is 5.78 Å². The van der Waals surface area contributed by atoms with Gasteiger partial charge < -0.3 is 5.11 Å². The number of hydrogen-bond acceptors (Lipinski definition) is 4. The van der Waals surface area contributed by atoms with E-state index in [9.17, 15) is 9.90 Å². The summed E-state index contributed by atoms with van der Waals surface area (Å²) in [7, 11) is 0. The summed E-state index contributed by atoms with van der Waals surface area (Å²) in [6.45, 7) is 9.61. The minimum Gasteiger partial charge on any atom is -0.390 e. The van der Waals surface area contributed by atoms with Crippen molar-refractivity contribution in [2.75, 3.05) is 0 Å². The summed E-state index contributed by atoms with van der Waals surface area (Å²) in [6, 6.07) is 0. The van der Waals surface area contributed by atoms with Gasteiger partial charge in [-0.2, -0.15) is 15.0 Å². The lowest BCUT2D eigenvalue weighted by molar-refractivity contribution is -0.162. The van der Waals surface area contributed by atoms with Crippen LogP contribution < -0.4 is 0 Å². The van der Waals surface area contributed by atoms with Crippen LogP contribution in [0, 0.1) is 46.3 Å². The monoisotopic (exact) mass is 413 g/mol. The highest BCUT2D eigenvalue weighted by Crippen LogP contribution is 2.70. The SMILES string of the molecule is C[C@H]1C[C@H]2[C@@H](CC[C@@]3(C)[C@@H]4CC[C@H](C(=O)Cn5nccn5)[C@@]4(C)CC[C@H]23)C[C@]1(C)O. The number of fused-ring (bicyclic) bond motifs is 5. The highest BCUT2D eigenvalue weighted by molar-refractivity contribution is 5.82. The molecule has 1 aromatic rings. The van der Waals surface area contributed by atoms with E-state index >= 15 is 0 Å². The Kier molecular flexibility index (Phi) is 4.74. The molecule has 4 aliphatic carbocycles. The molecule has 0 saturated heterocycles. The molecule has 9 atom stereocenters. The van der Waals surface area contributed by atoms with Crippen molar-refractivity contribution in [3.8, 4) is 0 Å². The minimum absolute atomic E-state index is 0.119. The van der Waals surface area contributed by atoms with Gasteiger partial charge in [-0.25, -0.2) is 0 Å². The minimum atomic E-state index is -0.497. The number of nitrogens with zero attached hydrogens (tertiary/aromatic N) is 3. The van der Waals surface area contributed by atoms with Crippen LogP contribution >= 0.6 is 0 Å². The lowest BCUT2D eigenvalue weighted by atomic mass is 9.42. The largest absolute Gasteiger partial charge is 0.390 e. The lowest BCUT2D eigenvalue weighted by Gasteiger charge is -2.63. The van der Waals surface area contributed by atoms with Gasteiger partial charge in [-0.05, 0) is 98.7 Å². The van der Waals surface area contributed by atoms with Crippen molar-refractivity contribution in [3.05, 3.63) is 12.4 Å². The molecular formula is C25H39N3O2. The second-order valence-corrected chi connectivity index (χ2v) is 12.0. The van der Waals surface area contributed by atoms with Crippen molar-refractivity contribution in [1.82, 2.24) is 15.0 Å². The Bertz CT molecular complexity index is 805. The van der Waals surface area contributed by atoms with Crippen molar-refractivity contribution >= 4 is 5.78 Å². The molecular weight excluding hydrogens is 374 g/mol. The first kappa shape index (κ1) is 20.7. The summed E-state index contributed by atoms with van der Waals surface area (Å²) in [4.78, 5) is 14.8. The van der Waals surface area contributed by atoms with Gasteiger partial charge in [0.1, 0.15) is 6.54 Å². The highest BCUT2D eigenvalue weighted by atomic mass is 16.3. The molecule has 4 aliphatic rings. The third-order valence-corrected chi connectivity index (χ3v) is 10.7. The van der Waals surface area contributed by atoms with Gasteiger partial charge in [0.25, 0.3) is 0 Å². The van der Waals surface area contributed by atoms with E-state index in [4.69, 9.17) is 0 Å². The Balaban J connectivity index is 1.38. The average Bonchev–Trinajstić information content (AvgIpc) is 3.30. The Morgan fingerprint density at radius 2 is 1.77 bits per heavy atom. The van der Waals surface area contributed by atoms with Crippen LogP contribution in [0.15, 0.2) is 12.4 Å². The maximum absolute atomic E-state index is 13.3. The van der Waals surface area contributed by atoms with Crippen molar-refractivity contribution in [2.24, 2.45) is 46.3 Å². The second kappa shape index (κ2) is 6.88. The molecule has 30 heavy (non-hydrogen) atoms. The van der Waals surface area contributed by atoms with Crippen molar-refractivity contribution in [1.29, 1.82) is 0 Å². The van der Waals surface area contributed by atoms with E-state index in [1.807, 2.05) is 0 Å². The molecule has 166 valence electrons. The third kappa shape index (κ3) is 2.94. The molecule has 5 nitrogen and oxygen atoms in total. The van der Waals surface area contributed by atoms with Gasteiger partial charge in [-0.3, -0.25) is 4.79 Å². The summed E-state index contributed by atoms with van der Waals surface area (Å²) < 4.78 is 0. The van der Waals surface area contributed by atoms with E-state index in [0.29, 0.717) is 35.5 Å². The smallest absolute Gasteiger partial charge is 0.159 e. The first-order valence-corrected chi connectivity index (χ1v) is 12.2. The summed E-state index contributed by atoms with van der Waals surface area (Å²) >= 11 is 0. The molecule has 0 amide bonds. The van der Waals surface area contributed by atoms with E-state index in [1.54, 1.807) is 17.2 Å². The molecule has 0 aromatic carbocycles. The lowest BCUT2D eigenvalue weighted by Crippen LogP contribution is -2.57. The molecule has 1 N–H and O–H groups in total. The van der Waals surface area contributed by atoms with Gasteiger partial charge in [0.2, 0.25) is 0 Å². The van der Waals surface area contributed by atoms with Crippen LogP contribution in [-0.2, 0) is 11.3 Å². The van der Waals surface area contributed by atoms with Crippen LogP contribution in [0.4, 0.5) is 0 Å². The van der Waals surface area contributed by atoms with Crippen LogP contribution in [0.5, 0.6) is 0 Å². The van der Waals surface area contributed by atoms with E-state index < -0.39 is 5.60 Å². The number of hydrogen-bond donors (Lipinski definition) is 1. The maximum atomic E-state index is 13.3. The average molecular weight is 414 g/mol. The number of rotatable bonds is 3. The fourth-order valence-electron chi connectivity index (χ4n) is 8.93. The van der Waals surface area contributed by atoms with Crippen LogP contribution in [0.2, 0.25) is 0 Å². The van der Waals surface area contributed by atoms with Crippen molar-refractivity contribution in [3.63, 3.8) is 0 Å². The van der Waals surface area contributed by atoms with Gasteiger partial charge in [-0.1, -0.05) is 20.8 Å². The number of aromatic nitrogens is 3. The van der Waals surface area contributed by atoms with E-state index in [0.717, 1.165) is 24.7 Å². The fraction of sp³-hybridized carbons (Fsp3) is 0.880. The van der Waals surface area contributed by atoms with Crippen molar-refractivity contribution in [2.45, 2.75) is 91.2 Å². The third-order valence-electron chi connectivity index (χ3n) is 10.7. The fourth-order valence-corrected chi connectivity index (χ4v) is 8.93. The number of aliphatic hydroxyl groups is 1. The first-order chi connectivity index (χ1) is 14.1. The summed E-state index contributed by atoms with van der Waals surface area (Å²) in [6.07, 6.45) is 12.6. The highest BCUT2D eigenvalue weighted by Gasteiger charge is 2.63. The zero-order chi connectivity index (χ0) is 21.3. The van der Waals surface area contributed by atoms with Gasteiger partial charge >= 0.3 is 0 Å². The molecule has 0 unspecified atom stereocenters. The molecule has 4 fully saturated rings. The van der Waals surface area contributed by atoms with Crippen LogP contribution in [0.1, 0.15) is 79.1 Å². The quantitative estimate of drug-likeness (QED) is 0.792. The molecule has 0 radical (unpaired) electrons. The number of ketones is 1. The second-order valence-electron chi connectivity index (χ2n) is 12.0. The van der Waals surface area contributed by atoms with Crippen LogP contribution in [0.3, 0.4) is 0 Å². The molecule has 1 aromatic heterocycles. The normalized spacial score (nSPS) is 50.4. The van der Waals surface area contributed by atoms with E-state index in [2.05, 4.69) is 37.9 Å². The summed E-state index contributed by atoms with van der Waals surface area (Å²) in [5.41, 5.74) is -0.0341. The molecule has 5 rings (SSSR count). The molecule has 1 heterocycles. The zero-order valence-corrected chi connectivity index (χ0v) is 19.2. The Morgan fingerprint density at radius 3 is 2.50 bits per heavy atom. The van der Waals surface area contributed by atoms with Gasteiger partial charge in [-0.15, -0.1) is 0 Å². The predicted molar refractivity (Wildman–Crippen MR) is 115 cm³/mol. The maximum Gasteiger partial charge on any atom is 0.159 e. The van der Waals surface area contributed by atoms with E-state index in [-0.39, 0.29) is 11.3 Å². The Hall–Kier alpha value is -1.23. The van der Waals surface area contributed by atoms with Crippen LogP contribution in [0.25, 0.3) is 0 Å². The van der Waals surface area contributed by atoms with Crippen LogP contribution in [-0.4, -0.2) is 31.5 Å². The molecule has 4 saturated carbocycles. The van der Waals surface area contributed by atoms with Gasteiger partial charge in [0, 0.05) is 5.92 Å². The molecule has 0 aliphatic heterocycles. The first-order valence-electron chi connectivity index (χ1n) is 12.2. The Labute approximate surface area is 181 Å². The summed E-state index contributed by atoms with van der Waals surface area (Å²) in [5.74, 6) is 3.70. The van der Waals surface area contributed by atoms with Gasteiger partial charge in [0.05, 0.1) is 18.0 Å². The number of carbonyl (C=O) groups is 1. The number of Topliss-reactive ketones (excluding diaryl/α,β-unsaturated/α-hetero) is 1. The molecule has 0 bridgehead atoms. The predicted octanol–water partition coefficient (Wildman–Crippen LogP) is 4.50. The standard InChI is InChI=1S/C25H39N3O2/c1-16-13-18-17(14-25(16,4)30)7-9-23(2)19(18)8-10-24(3)20(5-6-22(23)24)21(29)15-28-26-11-12-27-28/h11-12,16-20,22,30H,5-10,13-15H2,1-4H3/t16-,17-,18-,19+,20+,22-,23+,24+,25-/m0/s1. The molecule has 0 spiro atoms. The Morgan fingerprint density at radius 1 is 1.07 bits per heavy atom. The van der Waals surface area contributed by atoms with Crippen molar-refractivity contribution < 1.29 is 9.90 Å². The number of carbonyl (C=O) groups excluding carboxylic acids is 1. The molecule has 5 heteroatoms.